The summed E-state index contributed by atoms with van der Waals surface area (Å²) in [4.78, 5) is 0. The minimum absolute atomic E-state index is 0.0689. The first kappa shape index (κ1) is 7.75. The second-order valence-corrected chi connectivity index (χ2v) is 4.47. The van der Waals surface area contributed by atoms with Gasteiger partial charge >= 0.3 is 0 Å². The van der Waals surface area contributed by atoms with Gasteiger partial charge in [0.05, 0.1) is 0 Å². The van der Waals surface area contributed by atoms with E-state index in [4.69, 9.17) is 5.73 Å². The Kier molecular flexibility index (Phi) is 2.34. The third-order valence-electron chi connectivity index (χ3n) is 1.68. The Morgan fingerprint density at radius 2 is 2.33 bits per heavy atom. The van der Waals surface area contributed by atoms with E-state index in [9.17, 15) is 0 Å². The first-order valence-corrected chi connectivity index (χ1v) is 4.26. The summed E-state index contributed by atoms with van der Waals surface area (Å²) in [5.74, 6) is 0. The molecule has 54 valence electrons. The number of nitrogens with zero attached hydrogens (tertiary/aromatic N) is 1. The van der Waals surface area contributed by atoms with Gasteiger partial charge in [-0.3, -0.25) is 0 Å². The molecule has 1 rings (SSSR count). The summed E-state index contributed by atoms with van der Waals surface area (Å²) in [5, 5.41) is 0. The topological polar surface area (TPSA) is 29.3 Å². The average molecular weight is 240 g/mol. The smallest absolute Gasteiger partial charge is 0.0263 e. The molecule has 9 heavy (non-hydrogen) atoms. The molecule has 1 heterocycles. The van der Waals surface area contributed by atoms with Gasteiger partial charge in [-0.25, -0.2) is 3.11 Å². The van der Waals surface area contributed by atoms with Crippen molar-refractivity contribution in [2.45, 2.75) is 25.3 Å². The fourth-order valence-electron chi connectivity index (χ4n) is 1.20. The molecule has 0 radical (unpaired) electrons. The summed E-state index contributed by atoms with van der Waals surface area (Å²) in [6.45, 7) is 4.36. The molecule has 0 aliphatic carbocycles. The highest BCUT2D eigenvalue weighted by Gasteiger charge is 2.24. The van der Waals surface area contributed by atoms with Crippen LogP contribution >= 0.6 is 22.9 Å². The number of hydrogen-bond acceptors (Lipinski definition) is 2. The highest BCUT2D eigenvalue weighted by molar-refractivity contribution is 14.1. The Morgan fingerprint density at radius 3 is 2.67 bits per heavy atom. The number of hydrogen-bond donors (Lipinski definition) is 1. The predicted molar refractivity (Wildman–Crippen MR) is 47.4 cm³/mol. The van der Waals surface area contributed by atoms with Crippen molar-refractivity contribution in [3.63, 3.8) is 0 Å². The van der Waals surface area contributed by atoms with E-state index in [1.165, 1.54) is 19.4 Å². The zero-order chi connectivity index (χ0) is 6.91. The van der Waals surface area contributed by atoms with Crippen LogP contribution in [0.1, 0.15) is 19.8 Å². The summed E-state index contributed by atoms with van der Waals surface area (Å²) in [6, 6.07) is 0. The molecule has 0 spiro atoms. The third-order valence-corrected chi connectivity index (χ3v) is 2.50. The van der Waals surface area contributed by atoms with Gasteiger partial charge in [0.15, 0.2) is 0 Å². The lowest BCUT2D eigenvalue weighted by atomic mass is 9.94. The van der Waals surface area contributed by atoms with Crippen molar-refractivity contribution in [3.05, 3.63) is 0 Å². The Balaban J connectivity index is 2.41. The van der Waals surface area contributed by atoms with E-state index < -0.39 is 0 Å². The van der Waals surface area contributed by atoms with E-state index in [1.54, 1.807) is 0 Å². The summed E-state index contributed by atoms with van der Waals surface area (Å²) >= 11 is 2.34. The molecule has 0 aromatic carbocycles. The second kappa shape index (κ2) is 2.72. The quantitative estimate of drug-likeness (QED) is 0.508. The predicted octanol–water partition coefficient (Wildman–Crippen LogP) is 1.15. The molecule has 0 aromatic rings. The van der Waals surface area contributed by atoms with Gasteiger partial charge in [-0.2, -0.15) is 0 Å². The molecular formula is C6H13IN2. The molecule has 0 saturated carbocycles. The van der Waals surface area contributed by atoms with Crippen LogP contribution in [0.5, 0.6) is 0 Å². The molecule has 1 saturated heterocycles. The van der Waals surface area contributed by atoms with Crippen molar-refractivity contribution in [3.8, 4) is 0 Å². The van der Waals surface area contributed by atoms with Gasteiger partial charge < -0.3 is 5.73 Å². The standard InChI is InChI=1S/C6H13IN2/c1-6(8)3-2-4-9(7)5-6/h2-5,8H2,1H3. The van der Waals surface area contributed by atoms with Crippen molar-refractivity contribution in [1.29, 1.82) is 0 Å². The van der Waals surface area contributed by atoms with Gasteiger partial charge in [-0.1, -0.05) is 0 Å². The largest absolute Gasteiger partial charge is 0.324 e. The monoisotopic (exact) mass is 240 g/mol. The molecule has 2 nitrogen and oxygen atoms in total. The lowest BCUT2D eigenvalue weighted by molar-refractivity contribution is 0.276. The summed E-state index contributed by atoms with van der Waals surface area (Å²) < 4.78 is 2.27. The number of nitrogens with two attached hydrogens (primary N) is 1. The summed E-state index contributed by atoms with van der Waals surface area (Å²) in [7, 11) is 0. The molecule has 1 unspecified atom stereocenters. The van der Waals surface area contributed by atoms with E-state index in [2.05, 4.69) is 32.9 Å². The Morgan fingerprint density at radius 1 is 1.67 bits per heavy atom. The van der Waals surface area contributed by atoms with Gasteiger partial charge in [0.1, 0.15) is 0 Å². The van der Waals surface area contributed by atoms with Crippen LogP contribution in [-0.2, 0) is 0 Å². The minimum Gasteiger partial charge on any atom is -0.324 e. The van der Waals surface area contributed by atoms with Crippen LogP contribution < -0.4 is 5.73 Å². The molecule has 0 aromatic heterocycles. The number of rotatable bonds is 0. The zero-order valence-corrected chi connectivity index (χ0v) is 7.89. The van der Waals surface area contributed by atoms with Gasteiger partial charge in [-0.15, -0.1) is 0 Å². The molecule has 1 aliphatic heterocycles. The minimum atomic E-state index is 0.0689. The fraction of sp³-hybridized carbons (Fsp3) is 1.00. The molecule has 3 heteroatoms. The van der Waals surface area contributed by atoms with Crippen molar-refractivity contribution in [2.75, 3.05) is 13.1 Å². The van der Waals surface area contributed by atoms with E-state index >= 15 is 0 Å². The molecule has 1 fully saturated rings. The van der Waals surface area contributed by atoms with Crippen LogP contribution in [0.15, 0.2) is 0 Å². The summed E-state index contributed by atoms with van der Waals surface area (Å²) in [5.41, 5.74) is 5.99. The van der Waals surface area contributed by atoms with Crippen LogP contribution in [0.2, 0.25) is 0 Å². The highest BCUT2D eigenvalue weighted by Crippen LogP contribution is 2.19. The van der Waals surface area contributed by atoms with Crippen LogP contribution in [0.25, 0.3) is 0 Å². The lowest BCUT2D eigenvalue weighted by Gasteiger charge is -2.34. The van der Waals surface area contributed by atoms with Crippen molar-refractivity contribution in [2.24, 2.45) is 5.73 Å². The van der Waals surface area contributed by atoms with Crippen molar-refractivity contribution >= 4 is 22.9 Å². The van der Waals surface area contributed by atoms with Crippen molar-refractivity contribution in [1.82, 2.24) is 3.11 Å². The van der Waals surface area contributed by atoms with Gasteiger partial charge in [0, 0.05) is 41.5 Å². The first-order valence-electron chi connectivity index (χ1n) is 3.30. The van der Waals surface area contributed by atoms with E-state index in [1.807, 2.05) is 0 Å². The fourth-order valence-corrected chi connectivity index (χ4v) is 2.32. The van der Waals surface area contributed by atoms with E-state index in [0.29, 0.717) is 0 Å². The SMILES string of the molecule is CC1(N)CCCN(I)C1. The van der Waals surface area contributed by atoms with Crippen LogP contribution in [-0.4, -0.2) is 21.7 Å². The van der Waals surface area contributed by atoms with Crippen molar-refractivity contribution < 1.29 is 0 Å². The maximum Gasteiger partial charge on any atom is 0.0263 e. The Bertz CT molecular complexity index is 103. The molecule has 0 amide bonds. The highest BCUT2D eigenvalue weighted by atomic mass is 127. The van der Waals surface area contributed by atoms with Gasteiger partial charge in [0.25, 0.3) is 0 Å². The van der Waals surface area contributed by atoms with Gasteiger partial charge in [0.2, 0.25) is 0 Å². The second-order valence-electron chi connectivity index (χ2n) is 3.10. The van der Waals surface area contributed by atoms with Crippen LogP contribution in [0.4, 0.5) is 0 Å². The molecule has 0 bridgehead atoms. The van der Waals surface area contributed by atoms with E-state index in [0.717, 1.165) is 6.54 Å². The third kappa shape index (κ3) is 2.39. The molecule has 2 N–H and O–H groups in total. The normalized spacial score (nSPS) is 39.0. The first-order chi connectivity index (χ1) is 4.10. The van der Waals surface area contributed by atoms with Gasteiger partial charge in [-0.05, 0) is 19.8 Å². The molecule has 1 aliphatic rings. The number of halogens is 1. The summed E-state index contributed by atoms with van der Waals surface area (Å²) in [6.07, 6.45) is 2.42. The number of piperidine rings is 1. The average Bonchev–Trinajstić information content (AvgIpc) is 1.60. The maximum absolute atomic E-state index is 5.92. The maximum atomic E-state index is 5.92. The molecular weight excluding hydrogens is 227 g/mol. The lowest BCUT2D eigenvalue weighted by Crippen LogP contribution is -2.48. The zero-order valence-electron chi connectivity index (χ0n) is 5.73. The Hall–Kier alpha value is 0.650. The molecule has 1 atom stereocenters. The van der Waals surface area contributed by atoms with Crippen LogP contribution in [0, 0.1) is 0 Å². The van der Waals surface area contributed by atoms with Crippen LogP contribution in [0.3, 0.4) is 0 Å². The Labute approximate surface area is 70.3 Å². The van der Waals surface area contributed by atoms with E-state index in [-0.39, 0.29) is 5.54 Å².